The largest absolute Gasteiger partial charge is 0.417 e. The zero-order valence-electron chi connectivity index (χ0n) is 11.0. The summed E-state index contributed by atoms with van der Waals surface area (Å²) in [5, 5.41) is 0.334. The van der Waals surface area contributed by atoms with E-state index in [9.17, 15) is 0 Å². The summed E-state index contributed by atoms with van der Waals surface area (Å²) in [4.78, 5) is 0. The van der Waals surface area contributed by atoms with Crippen LogP contribution in [0.15, 0.2) is 9.66 Å². The molecular weight excluding hydrogens is 315 g/mol. The summed E-state index contributed by atoms with van der Waals surface area (Å²) in [6, 6.07) is 0. The Balaban J connectivity index is 3.87. The lowest BCUT2D eigenvalue weighted by Gasteiger charge is -2.36. The topological polar surface area (TPSA) is 9.23 Å². The lowest BCUT2D eigenvalue weighted by molar-refractivity contribution is 0.282. The number of allylic oxidation sites excluding steroid dienone is 1. The number of rotatable bonds is 5. The molecule has 15 heavy (non-hydrogen) atoms. The Kier molecular flexibility index (Phi) is 6.67. The van der Waals surface area contributed by atoms with Gasteiger partial charge in [-0.25, -0.2) is 0 Å². The van der Waals surface area contributed by atoms with Crippen molar-refractivity contribution in [3.63, 3.8) is 0 Å². The van der Waals surface area contributed by atoms with E-state index >= 15 is 0 Å². The molecule has 0 aliphatic heterocycles. The lowest BCUT2D eigenvalue weighted by atomic mass is 10.2. The molecule has 0 atom stereocenters. The second-order valence-corrected chi connectivity index (χ2v) is 11.1. The third-order valence-corrected chi connectivity index (χ3v) is 8.77. The molecule has 0 bridgehead atoms. The van der Waals surface area contributed by atoms with Crippen molar-refractivity contribution >= 4 is 30.9 Å². The molecule has 1 nitrogen and oxygen atoms in total. The van der Waals surface area contributed by atoms with E-state index in [1.165, 1.54) is 5.57 Å². The van der Waals surface area contributed by atoms with Crippen molar-refractivity contribution in [1.82, 2.24) is 0 Å². The normalized spacial score (nSPS) is 14.5. The fourth-order valence-corrected chi connectivity index (χ4v) is 2.35. The molecule has 0 unspecified atom stereocenters. The van der Waals surface area contributed by atoms with Crippen LogP contribution in [0.4, 0.5) is 0 Å². The maximum absolute atomic E-state index is 6.10. The van der Waals surface area contributed by atoms with Gasteiger partial charge in [0, 0.05) is 6.61 Å². The quantitative estimate of drug-likeness (QED) is 0.383. The highest BCUT2D eigenvalue weighted by molar-refractivity contribution is 14.1. The van der Waals surface area contributed by atoms with E-state index < -0.39 is 8.32 Å². The zero-order valence-corrected chi connectivity index (χ0v) is 14.1. The van der Waals surface area contributed by atoms with Crippen LogP contribution in [0.25, 0.3) is 0 Å². The van der Waals surface area contributed by atoms with Crippen LogP contribution in [-0.2, 0) is 4.43 Å². The van der Waals surface area contributed by atoms with Crippen LogP contribution in [0.3, 0.4) is 0 Å². The first-order valence-electron chi connectivity index (χ1n) is 5.60. The zero-order chi connectivity index (χ0) is 12.1. The van der Waals surface area contributed by atoms with Gasteiger partial charge in [-0.3, -0.25) is 0 Å². The molecule has 0 aliphatic carbocycles. The molecule has 0 saturated carbocycles. The Labute approximate surface area is 110 Å². The Morgan fingerprint density at radius 3 is 2.27 bits per heavy atom. The fraction of sp³-hybridized carbons (Fsp3) is 0.833. The van der Waals surface area contributed by atoms with Gasteiger partial charge in [0.15, 0.2) is 8.32 Å². The van der Waals surface area contributed by atoms with E-state index in [-0.39, 0.29) is 0 Å². The summed E-state index contributed by atoms with van der Waals surface area (Å²) in [5.74, 6) is 0. The lowest BCUT2D eigenvalue weighted by Crippen LogP contribution is -2.40. The van der Waals surface area contributed by atoms with Crippen molar-refractivity contribution in [2.45, 2.75) is 58.7 Å². The average Bonchev–Trinajstić information content (AvgIpc) is 2.10. The summed E-state index contributed by atoms with van der Waals surface area (Å²) < 4.78 is 8.25. The molecule has 0 aromatic carbocycles. The van der Waals surface area contributed by atoms with E-state index in [1.807, 2.05) is 0 Å². The van der Waals surface area contributed by atoms with Crippen LogP contribution in [0.5, 0.6) is 0 Å². The number of hydrogen-bond acceptors (Lipinski definition) is 1. The first-order chi connectivity index (χ1) is 6.70. The molecule has 90 valence electrons. The molecule has 0 heterocycles. The summed E-state index contributed by atoms with van der Waals surface area (Å²) in [7, 11) is -1.51. The monoisotopic (exact) mass is 340 g/mol. The highest BCUT2D eigenvalue weighted by Gasteiger charge is 2.36. The second kappa shape index (κ2) is 6.40. The summed E-state index contributed by atoms with van der Waals surface area (Å²) >= 11 is 2.30. The van der Waals surface area contributed by atoms with Gasteiger partial charge in [-0.2, -0.15) is 0 Å². The number of halogens is 1. The van der Waals surface area contributed by atoms with Crippen LogP contribution in [0, 0.1) is 0 Å². The predicted molar refractivity (Wildman–Crippen MR) is 80.2 cm³/mol. The van der Waals surface area contributed by atoms with Crippen LogP contribution in [0.2, 0.25) is 18.1 Å². The van der Waals surface area contributed by atoms with Crippen molar-refractivity contribution < 1.29 is 4.43 Å². The van der Waals surface area contributed by atoms with Gasteiger partial charge in [0.1, 0.15) is 0 Å². The SMILES string of the molecule is C/C(=C\I)CCCO[Si](C)(C)C(C)(C)C. The van der Waals surface area contributed by atoms with Crippen molar-refractivity contribution in [2.24, 2.45) is 0 Å². The van der Waals surface area contributed by atoms with Crippen LogP contribution in [-0.4, -0.2) is 14.9 Å². The Morgan fingerprint density at radius 1 is 1.33 bits per heavy atom. The van der Waals surface area contributed by atoms with E-state index in [2.05, 4.69) is 67.5 Å². The third-order valence-electron chi connectivity index (χ3n) is 3.17. The molecule has 0 aromatic heterocycles. The van der Waals surface area contributed by atoms with E-state index in [0.717, 1.165) is 19.4 Å². The molecule has 0 amide bonds. The molecule has 0 aliphatic rings. The van der Waals surface area contributed by atoms with Gasteiger partial charge in [0.2, 0.25) is 0 Å². The Morgan fingerprint density at radius 2 is 1.87 bits per heavy atom. The summed E-state index contributed by atoms with van der Waals surface area (Å²) in [6.45, 7) is 14.6. The van der Waals surface area contributed by atoms with Gasteiger partial charge in [-0.05, 0) is 42.0 Å². The molecule has 0 radical (unpaired) electrons. The fourth-order valence-electron chi connectivity index (χ4n) is 0.949. The van der Waals surface area contributed by atoms with Crippen molar-refractivity contribution in [1.29, 1.82) is 0 Å². The van der Waals surface area contributed by atoms with Gasteiger partial charge < -0.3 is 4.43 Å². The van der Waals surface area contributed by atoms with Gasteiger partial charge in [-0.15, -0.1) is 0 Å². The summed E-state index contributed by atoms with van der Waals surface area (Å²) in [5.41, 5.74) is 1.45. The van der Waals surface area contributed by atoms with Gasteiger partial charge >= 0.3 is 0 Å². The minimum Gasteiger partial charge on any atom is -0.417 e. The molecule has 0 fully saturated rings. The molecule has 3 heteroatoms. The molecule has 0 N–H and O–H groups in total. The van der Waals surface area contributed by atoms with Crippen molar-refractivity contribution in [2.75, 3.05) is 6.61 Å². The highest BCUT2D eigenvalue weighted by atomic mass is 127. The van der Waals surface area contributed by atoms with Gasteiger partial charge in [0.05, 0.1) is 0 Å². The minimum atomic E-state index is -1.51. The van der Waals surface area contributed by atoms with E-state index in [4.69, 9.17) is 4.43 Å². The van der Waals surface area contributed by atoms with Crippen LogP contribution in [0.1, 0.15) is 40.5 Å². The maximum atomic E-state index is 6.10. The molecule has 0 rings (SSSR count). The molecular formula is C12H25IOSi. The average molecular weight is 340 g/mol. The third kappa shape index (κ3) is 6.07. The standard InChI is InChI=1S/C12H25IOSi/c1-11(10-13)8-7-9-14-15(5,6)12(2,3)4/h10H,7-9H2,1-6H3/b11-10+. The molecule has 0 saturated heterocycles. The maximum Gasteiger partial charge on any atom is 0.191 e. The van der Waals surface area contributed by atoms with Crippen LogP contribution >= 0.6 is 22.6 Å². The summed E-state index contributed by atoms with van der Waals surface area (Å²) in [6.07, 6.45) is 2.31. The second-order valence-electron chi connectivity index (χ2n) is 5.67. The van der Waals surface area contributed by atoms with Gasteiger partial charge in [0.25, 0.3) is 0 Å². The van der Waals surface area contributed by atoms with Crippen molar-refractivity contribution in [3.8, 4) is 0 Å². The van der Waals surface area contributed by atoms with Crippen LogP contribution < -0.4 is 0 Å². The predicted octanol–water partition coefficient (Wildman–Crippen LogP) is 5.13. The number of hydrogen-bond donors (Lipinski definition) is 0. The first-order valence-corrected chi connectivity index (χ1v) is 9.76. The first kappa shape index (κ1) is 15.6. The molecule has 0 aromatic rings. The van der Waals surface area contributed by atoms with Gasteiger partial charge in [-0.1, -0.05) is 48.9 Å². The minimum absolute atomic E-state index is 0.334. The smallest absolute Gasteiger partial charge is 0.191 e. The van der Waals surface area contributed by atoms with E-state index in [0.29, 0.717) is 5.04 Å². The van der Waals surface area contributed by atoms with E-state index in [1.54, 1.807) is 0 Å². The Bertz CT molecular complexity index is 216. The van der Waals surface area contributed by atoms with Crippen molar-refractivity contribution in [3.05, 3.63) is 9.66 Å². The highest BCUT2D eigenvalue weighted by Crippen LogP contribution is 2.36. The molecule has 0 spiro atoms. The Hall–Kier alpha value is 0.647.